The van der Waals surface area contributed by atoms with Crippen molar-refractivity contribution in [3.63, 3.8) is 0 Å². The van der Waals surface area contributed by atoms with E-state index in [1.807, 2.05) is 0 Å². The second-order valence-electron chi connectivity index (χ2n) is 6.61. The van der Waals surface area contributed by atoms with E-state index < -0.39 is 0 Å². The van der Waals surface area contributed by atoms with Crippen LogP contribution in [0.1, 0.15) is 18.2 Å². The van der Waals surface area contributed by atoms with Gasteiger partial charge in [-0.3, -0.25) is 14.7 Å². The number of benzene rings is 2. The molecule has 0 saturated heterocycles. The van der Waals surface area contributed by atoms with Crippen LogP contribution in [-0.4, -0.2) is 21.4 Å². The molecule has 0 atom stereocenters. The maximum atomic E-state index is 12.9. The first-order valence-electron chi connectivity index (χ1n) is 8.80. The highest BCUT2D eigenvalue weighted by Gasteiger charge is 2.29. The van der Waals surface area contributed by atoms with Crippen molar-refractivity contribution in [3.8, 4) is 5.69 Å². The number of nitrogens with one attached hydrogen (secondary N) is 1. The average molecular weight is 427 g/mol. The number of carbonyl (C=O) groups excluding carboxylic acids is 1. The number of halogens is 2. The van der Waals surface area contributed by atoms with Gasteiger partial charge in [-0.25, -0.2) is 4.68 Å². The zero-order valence-corrected chi connectivity index (χ0v) is 17.1. The fourth-order valence-corrected chi connectivity index (χ4v) is 3.42. The van der Waals surface area contributed by atoms with Crippen LogP contribution in [-0.2, 0) is 4.79 Å². The minimum absolute atomic E-state index is 0.265. The lowest BCUT2D eigenvalue weighted by molar-refractivity contribution is -0.114. The third-order valence-electron chi connectivity index (χ3n) is 4.61. The topological polar surface area (TPSA) is 70.5 Å². The number of rotatable bonds is 3. The second kappa shape index (κ2) is 7.39. The molecule has 0 spiro atoms. The monoisotopic (exact) mass is 426 g/mol. The van der Waals surface area contributed by atoms with E-state index in [9.17, 15) is 9.59 Å². The van der Waals surface area contributed by atoms with Crippen molar-refractivity contribution in [2.75, 3.05) is 5.01 Å². The quantitative estimate of drug-likeness (QED) is 0.622. The molecule has 1 N–H and O–H groups in total. The van der Waals surface area contributed by atoms with Crippen LogP contribution in [0, 0.1) is 6.92 Å². The van der Waals surface area contributed by atoms with Crippen LogP contribution < -0.4 is 10.6 Å². The molecule has 146 valence electrons. The molecule has 1 aliphatic rings. The van der Waals surface area contributed by atoms with Crippen LogP contribution in [0.25, 0.3) is 11.8 Å². The minimum Gasteiger partial charge on any atom is -0.295 e. The molecule has 2 heterocycles. The molecular formula is C21H16Cl2N4O2. The van der Waals surface area contributed by atoms with Gasteiger partial charge in [0.1, 0.15) is 0 Å². The summed E-state index contributed by atoms with van der Waals surface area (Å²) in [5.41, 5.74) is 2.86. The van der Waals surface area contributed by atoms with Crippen LogP contribution in [0.5, 0.6) is 0 Å². The maximum Gasteiger partial charge on any atom is 0.280 e. The van der Waals surface area contributed by atoms with Gasteiger partial charge in [0.05, 0.1) is 28.2 Å². The van der Waals surface area contributed by atoms with Crippen molar-refractivity contribution < 1.29 is 4.79 Å². The summed E-state index contributed by atoms with van der Waals surface area (Å²) in [7, 11) is 0. The Morgan fingerprint density at radius 1 is 0.966 bits per heavy atom. The Morgan fingerprint density at radius 3 is 2.38 bits per heavy atom. The van der Waals surface area contributed by atoms with Gasteiger partial charge in [0.2, 0.25) is 0 Å². The molecule has 4 rings (SSSR count). The molecule has 6 nitrogen and oxygen atoms in total. The highest BCUT2D eigenvalue weighted by Crippen LogP contribution is 2.27. The molecule has 0 bridgehead atoms. The molecule has 3 aromatic rings. The number of nitrogens with zero attached hydrogens (tertiary/aromatic N) is 3. The van der Waals surface area contributed by atoms with E-state index in [2.05, 4.69) is 10.2 Å². The van der Waals surface area contributed by atoms with Crippen molar-refractivity contribution in [2.24, 2.45) is 5.10 Å². The number of hydrazone groups is 1. The third-order valence-corrected chi connectivity index (χ3v) is 5.09. The van der Waals surface area contributed by atoms with Gasteiger partial charge in [-0.1, -0.05) is 29.3 Å². The van der Waals surface area contributed by atoms with Crippen molar-refractivity contribution in [1.82, 2.24) is 9.78 Å². The first-order chi connectivity index (χ1) is 13.8. The summed E-state index contributed by atoms with van der Waals surface area (Å²) in [6, 6.07) is 13.8. The van der Waals surface area contributed by atoms with Crippen molar-refractivity contribution >= 4 is 46.6 Å². The molecule has 0 unspecified atom stereocenters. The summed E-state index contributed by atoms with van der Waals surface area (Å²) >= 11 is 12.0. The fraction of sp³-hybridized carbons (Fsp3) is 0.0952. The lowest BCUT2D eigenvalue weighted by atomic mass is 10.1. The van der Waals surface area contributed by atoms with E-state index >= 15 is 0 Å². The van der Waals surface area contributed by atoms with Gasteiger partial charge in [-0.2, -0.15) is 10.1 Å². The standard InChI is InChI=1S/C21H16Cl2N4O2/c1-12-18(20(28)26(24-12)16-8-6-14(22)7-9-16)11-19-13(2)25-27(21(19)29)17-5-3-4-15(23)10-17/h3-11,24H,1-2H3/b19-11-. The van der Waals surface area contributed by atoms with Crippen molar-refractivity contribution in [1.29, 1.82) is 0 Å². The third kappa shape index (κ3) is 3.52. The van der Waals surface area contributed by atoms with Gasteiger partial charge < -0.3 is 0 Å². The van der Waals surface area contributed by atoms with E-state index in [-0.39, 0.29) is 11.5 Å². The van der Waals surface area contributed by atoms with Crippen LogP contribution in [0.15, 0.2) is 64.0 Å². The van der Waals surface area contributed by atoms with Gasteiger partial charge in [0.15, 0.2) is 0 Å². The Kier molecular flexibility index (Phi) is 4.90. The highest BCUT2D eigenvalue weighted by atomic mass is 35.5. The molecule has 29 heavy (non-hydrogen) atoms. The molecule has 8 heteroatoms. The number of aromatic amines is 1. The fourth-order valence-electron chi connectivity index (χ4n) is 3.11. The predicted molar refractivity (Wildman–Crippen MR) is 116 cm³/mol. The zero-order valence-electron chi connectivity index (χ0n) is 15.6. The zero-order chi connectivity index (χ0) is 20.7. The second-order valence-corrected chi connectivity index (χ2v) is 7.48. The van der Waals surface area contributed by atoms with Crippen molar-refractivity contribution in [3.05, 3.63) is 85.8 Å². The van der Waals surface area contributed by atoms with Gasteiger partial charge in [-0.05, 0) is 62.4 Å². The normalized spacial score (nSPS) is 15.3. The van der Waals surface area contributed by atoms with Gasteiger partial charge in [0, 0.05) is 15.7 Å². The van der Waals surface area contributed by atoms with E-state index in [1.54, 1.807) is 68.5 Å². The molecule has 2 aromatic carbocycles. The first-order valence-corrected chi connectivity index (χ1v) is 9.55. The number of aromatic nitrogens is 2. The highest BCUT2D eigenvalue weighted by molar-refractivity contribution is 6.33. The lowest BCUT2D eigenvalue weighted by Crippen LogP contribution is -2.22. The van der Waals surface area contributed by atoms with Crippen LogP contribution in [0.4, 0.5) is 5.69 Å². The van der Waals surface area contributed by atoms with Gasteiger partial charge in [-0.15, -0.1) is 0 Å². The van der Waals surface area contributed by atoms with E-state index in [4.69, 9.17) is 23.2 Å². The van der Waals surface area contributed by atoms with Crippen molar-refractivity contribution in [2.45, 2.75) is 13.8 Å². The number of H-pyrrole nitrogens is 1. The summed E-state index contributed by atoms with van der Waals surface area (Å²) in [4.78, 5) is 25.9. The maximum absolute atomic E-state index is 12.9. The van der Waals surface area contributed by atoms with E-state index in [0.717, 1.165) is 0 Å². The molecule has 1 amide bonds. The SMILES string of the molecule is CC1=NN(c2cccc(Cl)c2)C(=O)/C1=C\c1c(C)[nH]n(-c2ccc(Cl)cc2)c1=O. The van der Waals surface area contributed by atoms with E-state index in [0.29, 0.717) is 44.0 Å². The summed E-state index contributed by atoms with van der Waals surface area (Å²) < 4.78 is 1.42. The molecule has 0 saturated carbocycles. The Bertz CT molecular complexity index is 1240. The molecular weight excluding hydrogens is 411 g/mol. The first kappa shape index (κ1) is 19.2. The average Bonchev–Trinajstić information content (AvgIpc) is 3.13. The Morgan fingerprint density at radius 2 is 1.69 bits per heavy atom. The molecule has 0 aliphatic carbocycles. The summed E-state index contributed by atoms with van der Waals surface area (Å²) in [5.74, 6) is -0.317. The molecule has 1 aromatic heterocycles. The Labute approximate surface area is 176 Å². The Hall–Kier alpha value is -3.09. The van der Waals surface area contributed by atoms with E-state index in [1.165, 1.54) is 9.69 Å². The minimum atomic E-state index is -0.317. The molecule has 0 fully saturated rings. The summed E-state index contributed by atoms with van der Waals surface area (Å²) in [6.45, 7) is 3.51. The number of hydrogen-bond donors (Lipinski definition) is 1. The molecule has 0 radical (unpaired) electrons. The van der Waals surface area contributed by atoms with Crippen LogP contribution in [0.2, 0.25) is 10.0 Å². The van der Waals surface area contributed by atoms with Gasteiger partial charge >= 0.3 is 0 Å². The number of amides is 1. The van der Waals surface area contributed by atoms with Gasteiger partial charge in [0.25, 0.3) is 11.5 Å². The van der Waals surface area contributed by atoms with Crippen LogP contribution in [0.3, 0.4) is 0 Å². The number of carbonyl (C=O) groups is 1. The predicted octanol–water partition coefficient (Wildman–Crippen LogP) is 4.59. The summed E-state index contributed by atoms with van der Waals surface area (Å²) in [5, 5.41) is 9.74. The smallest absolute Gasteiger partial charge is 0.280 e. The largest absolute Gasteiger partial charge is 0.295 e. The lowest BCUT2D eigenvalue weighted by Gasteiger charge is -2.11. The number of anilines is 1. The van der Waals surface area contributed by atoms with Crippen LogP contribution >= 0.6 is 23.2 Å². The number of hydrogen-bond acceptors (Lipinski definition) is 3. The Balaban J connectivity index is 1.73. The number of aryl methyl sites for hydroxylation is 1. The summed E-state index contributed by atoms with van der Waals surface area (Å²) in [6.07, 6.45) is 1.58. The molecule has 1 aliphatic heterocycles.